The van der Waals surface area contributed by atoms with E-state index in [0.717, 1.165) is 48.2 Å². The van der Waals surface area contributed by atoms with Gasteiger partial charge >= 0.3 is 0 Å². The van der Waals surface area contributed by atoms with Crippen molar-refractivity contribution >= 4 is 10.9 Å². The van der Waals surface area contributed by atoms with E-state index in [4.69, 9.17) is 4.74 Å². The molecule has 1 aliphatic rings. The number of hydrogen-bond donors (Lipinski definition) is 2. The van der Waals surface area contributed by atoms with Crippen LogP contribution in [-0.4, -0.2) is 61.1 Å². The van der Waals surface area contributed by atoms with Crippen LogP contribution >= 0.6 is 0 Å². The monoisotopic (exact) mass is 440 g/mol. The van der Waals surface area contributed by atoms with Crippen LogP contribution in [0.25, 0.3) is 10.9 Å². The third kappa shape index (κ3) is 4.90. The zero-order valence-corrected chi connectivity index (χ0v) is 18.8. The highest BCUT2D eigenvalue weighted by Gasteiger charge is 2.27. The number of aliphatic hydroxyl groups is 1. The van der Waals surface area contributed by atoms with E-state index in [-0.39, 0.29) is 24.3 Å². The highest BCUT2D eigenvalue weighted by Crippen LogP contribution is 2.26. The lowest BCUT2D eigenvalue weighted by Crippen LogP contribution is -2.34. The zero-order valence-electron chi connectivity index (χ0n) is 18.8. The van der Waals surface area contributed by atoms with E-state index in [1.807, 2.05) is 35.9 Å². The van der Waals surface area contributed by atoms with Crippen LogP contribution in [0.2, 0.25) is 0 Å². The van der Waals surface area contributed by atoms with Gasteiger partial charge in [0.25, 0.3) is 5.56 Å². The predicted octanol–water partition coefficient (Wildman–Crippen LogP) is 2.34. The van der Waals surface area contributed by atoms with E-state index in [1.165, 1.54) is 0 Å². The Morgan fingerprint density at radius 3 is 3.03 bits per heavy atom. The number of pyridine rings is 1. The first kappa shape index (κ1) is 22.6. The van der Waals surface area contributed by atoms with Crippen molar-refractivity contribution in [1.82, 2.24) is 30.1 Å². The maximum atomic E-state index is 12.9. The molecule has 2 aromatic heterocycles. The molecule has 4 rings (SSSR count). The molecular weight excluding hydrogens is 408 g/mol. The summed E-state index contributed by atoms with van der Waals surface area (Å²) in [5, 5.41) is 23.0. The first-order chi connectivity index (χ1) is 15.6. The molecule has 3 aromatic rings. The molecule has 0 amide bonds. The number of rotatable bonds is 10. The number of para-hydroxylation sites is 1. The first-order valence-electron chi connectivity index (χ1n) is 11.4. The van der Waals surface area contributed by atoms with Gasteiger partial charge < -0.3 is 14.8 Å². The Bertz CT molecular complexity index is 1090. The molecule has 9 heteroatoms. The molecule has 1 aliphatic heterocycles. The number of benzene rings is 1. The van der Waals surface area contributed by atoms with Crippen molar-refractivity contribution in [1.29, 1.82) is 0 Å². The maximum absolute atomic E-state index is 12.9. The molecule has 3 heterocycles. The minimum absolute atomic E-state index is 0.0782. The van der Waals surface area contributed by atoms with Crippen molar-refractivity contribution in [3.63, 3.8) is 0 Å². The topological polar surface area (TPSA) is 109 Å². The Hall–Kier alpha value is -2.62. The SMILES string of the molecule is CC[C@@H](c1nnnn1C[C@H]1CCCO1)N(CCCO)Cc1cc2cccc(C)c2[nH]c1=O. The molecule has 9 nitrogen and oxygen atoms in total. The van der Waals surface area contributed by atoms with Gasteiger partial charge in [-0.1, -0.05) is 25.1 Å². The van der Waals surface area contributed by atoms with Crippen molar-refractivity contribution in [3.8, 4) is 0 Å². The quantitative estimate of drug-likeness (QED) is 0.498. The summed E-state index contributed by atoms with van der Waals surface area (Å²) in [6.07, 6.45) is 3.59. The number of aliphatic hydroxyl groups excluding tert-OH is 1. The van der Waals surface area contributed by atoms with Crippen molar-refractivity contribution in [2.75, 3.05) is 19.8 Å². The molecule has 0 bridgehead atoms. The fourth-order valence-corrected chi connectivity index (χ4v) is 4.55. The highest BCUT2D eigenvalue weighted by atomic mass is 16.5. The Labute approximate surface area is 187 Å². The standard InChI is InChI=1S/C23H32N6O3/c1-3-20(22-25-26-27-29(22)15-19-9-5-12-32-19)28(10-6-11-30)14-18-13-17-8-4-7-16(2)21(17)24-23(18)31/h4,7-8,13,19-20,30H,3,5-6,9-12,14-15H2,1-2H3,(H,24,31)/t19-,20+/m1/s1. The van der Waals surface area contributed by atoms with E-state index in [9.17, 15) is 9.90 Å². The summed E-state index contributed by atoms with van der Waals surface area (Å²) in [5.74, 6) is 0.772. The summed E-state index contributed by atoms with van der Waals surface area (Å²) in [6, 6.07) is 7.89. The van der Waals surface area contributed by atoms with Gasteiger partial charge in [0.15, 0.2) is 5.82 Å². The van der Waals surface area contributed by atoms with E-state index >= 15 is 0 Å². The van der Waals surface area contributed by atoms with Crippen LogP contribution in [0.4, 0.5) is 0 Å². The number of aryl methyl sites for hydroxylation is 1. The minimum atomic E-state index is -0.0883. The van der Waals surface area contributed by atoms with Crippen LogP contribution in [0.1, 0.15) is 55.6 Å². The first-order valence-corrected chi connectivity index (χ1v) is 11.4. The second-order valence-electron chi connectivity index (χ2n) is 8.49. The third-order valence-electron chi connectivity index (χ3n) is 6.23. The van der Waals surface area contributed by atoms with Gasteiger partial charge in [0.2, 0.25) is 0 Å². The number of fused-ring (bicyclic) bond motifs is 1. The summed E-state index contributed by atoms with van der Waals surface area (Å²) in [7, 11) is 0. The van der Waals surface area contributed by atoms with Crippen LogP contribution in [0.5, 0.6) is 0 Å². The molecule has 1 aromatic carbocycles. The Balaban J connectivity index is 1.63. The number of nitrogens with zero attached hydrogens (tertiary/aromatic N) is 5. The number of tetrazole rings is 1. The van der Waals surface area contributed by atoms with Crippen molar-refractivity contribution in [2.24, 2.45) is 0 Å². The summed E-state index contributed by atoms with van der Waals surface area (Å²) in [6.45, 7) is 6.66. The van der Waals surface area contributed by atoms with E-state index in [1.54, 1.807) is 0 Å². The lowest BCUT2D eigenvalue weighted by atomic mass is 10.1. The smallest absolute Gasteiger partial charge is 0.252 e. The van der Waals surface area contributed by atoms with Crippen molar-refractivity contribution in [3.05, 3.63) is 51.6 Å². The highest BCUT2D eigenvalue weighted by molar-refractivity contribution is 5.81. The normalized spacial score (nSPS) is 17.4. The van der Waals surface area contributed by atoms with E-state index in [2.05, 4.69) is 32.3 Å². The molecule has 0 aliphatic carbocycles. The summed E-state index contributed by atoms with van der Waals surface area (Å²) in [5.41, 5.74) is 2.52. The minimum Gasteiger partial charge on any atom is -0.396 e. The molecule has 1 fully saturated rings. The van der Waals surface area contributed by atoms with Crippen molar-refractivity contribution in [2.45, 2.75) is 64.8 Å². The van der Waals surface area contributed by atoms with Gasteiger partial charge in [0, 0.05) is 31.9 Å². The lowest BCUT2D eigenvalue weighted by Gasteiger charge is -2.30. The zero-order chi connectivity index (χ0) is 22.5. The largest absolute Gasteiger partial charge is 0.396 e. The van der Waals surface area contributed by atoms with Gasteiger partial charge in [-0.2, -0.15) is 0 Å². The molecule has 32 heavy (non-hydrogen) atoms. The Morgan fingerprint density at radius 2 is 2.28 bits per heavy atom. The molecule has 0 saturated carbocycles. The molecule has 0 radical (unpaired) electrons. The van der Waals surface area contributed by atoms with Gasteiger partial charge in [-0.05, 0) is 60.0 Å². The van der Waals surface area contributed by atoms with Crippen molar-refractivity contribution < 1.29 is 9.84 Å². The molecule has 0 unspecified atom stereocenters. The number of ether oxygens (including phenoxy) is 1. The number of aromatic nitrogens is 5. The molecule has 1 saturated heterocycles. The van der Waals surface area contributed by atoms with Crippen LogP contribution < -0.4 is 5.56 Å². The molecule has 2 N–H and O–H groups in total. The number of aromatic amines is 1. The lowest BCUT2D eigenvalue weighted by molar-refractivity contribution is 0.0888. The molecule has 172 valence electrons. The van der Waals surface area contributed by atoms with Crippen LogP contribution in [0.15, 0.2) is 29.1 Å². The molecular formula is C23H32N6O3. The average Bonchev–Trinajstić information content (AvgIpc) is 3.46. The summed E-state index contributed by atoms with van der Waals surface area (Å²) >= 11 is 0. The van der Waals surface area contributed by atoms with Gasteiger partial charge in [-0.3, -0.25) is 9.69 Å². The van der Waals surface area contributed by atoms with E-state index < -0.39 is 0 Å². The average molecular weight is 441 g/mol. The Kier molecular flexibility index (Phi) is 7.29. The van der Waals surface area contributed by atoms with Gasteiger partial charge in [-0.25, -0.2) is 4.68 Å². The number of hydrogen-bond acceptors (Lipinski definition) is 7. The second-order valence-corrected chi connectivity index (χ2v) is 8.49. The summed E-state index contributed by atoms with van der Waals surface area (Å²) in [4.78, 5) is 18.1. The van der Waals surface area contributed by atoms with Gasteiger partial charge in [0.1, 0.15) is 0 Å². The van der Waals surface area contributed by atoms with Gasteiger partial charge in [0.05, 0.1) is 24.2 Å². The molecule has 0 spiro atoms. The fraction of sp³-hybridized carbons (Fsp3) is 0.565. The maximum Gasteiger partial charge on any atom is 0.252 e. The van der Waals surface area contributed by atoms with Crippen LogP contribution in [0, 0.1) is 6.92 Å². The van der Waals surface area contributed by atoms with Crippen LogP contribution in [-0.2, 0) is 17.8 Å². The second kappa shape index (κ2) is 10.3. The number of H-pyrrole nitrogens is 1. The Morgan fingerprint density at radius 1 is 1.41 bits per heavy atom. The molecule has 2 atom stereocenters. The summed E-state index contributed by atoms with van der Waals surface area (Å²) < 4.78 is 7.61. The van der Waals surface area contributed by atoms with Gasteiger partial charge in [-0.15, -0.1) is 5.10 Å². The predicted molar refractivity (Wildman–Crippen MR) is 121 cm³/mol. The van der Waals surface area contributed by atoms with Crippen LogP contribution in [0.3, 0.4) is 0 Å². The third-order valence-corrected chi connectivity index (χ3v) is 6.23. The number of nitrogens with one attached hydrogen (secondary N) is 1. The van der Waals surface area contributed by atoms with E-state index in [0.29, 0.717) is 31.6 Å². The fourth-order valence-electron chi connectivity index (χ4n) is 4.55.